The minimum Gasteiger partial charge on any atom is -0.478 e. The molecule has 2 N–H and O–H groups in total. The number of nitrogens with one attached hydrogen (secondary N) is 1. The number of benzene rings is 1. The van der Waals surface area contributed by atoms with Crippen LogP contribution in [-0.2, 0) is 6.54 Å². The number of carboxylic acids is 1. The van der Waals surface area contributed by atoms with Crippen molar-refractivity contribution in [3.63, 3.8) is 0 Å². The van der Waals surface area contributed by atoms with Crippen molar-refractivity contribution < 1.29 is 9.90 Å². The van der Waals surface area contributed by atoms with Gasteiger partial charge in [0.2, 0.25) is 0 Å². The van der Waals surface area contributed by atoms with Crippen molar-refractivity contribution in [2.24, 2.45) is 0 Å². The van der Waals surface area contributed by atoms with Crippen LogP contribution in [0.5, 0.6) is 0 Å². The normalized spacial score (nSPS) is 10.2. The highest BCUT2D eigenvalue weighted by atomic mass is 35.5. The van der Waals surface area contributed by atoms with Crippen molar-refractivity contribution in [1.82, 2.24) is 4.98 Å². The number of carboxylic acid groups (broad SMARTS) is 1. The summed E-state index contributed by atoms with van der Waals surface area (Å²) < 4.78 is 0. The van der Waals surface area contributed by atoms with Crippen LogP contribution in [0.15, 0.2) is 36.7 Å². The highest BCUT2D eigenvalue weighted by molar-refractivity contribution is 6.33. The van der Waals surface area contributed by atoms with E-state index in [0.29, 0.717) is 17.3 Å². The zero-order valence-corrected chi connectivity index (χ0v) is 11.1. The van der Waals surface area contributed by atoms with Gasteiger partial charge in [-0.05, 0) is 42.3 Å². The van der Waals surface area contributed by atoms with Crippen molar-refractivity contribution in [2.75, 3.05) is 5.32 Å². The number of aromatic nitrogens is 1. The van der Waals surface area contributed by atoms with Crippen molar-refractivity contribution in [1.29, 1.82) is 0 Å². The first kappa shape index (κ1) is 13.4. The Balaban J connectivity index is 2.12. The fourth-order valence-electron chi connectivity index (χ4n) is 1.68. The molecule has 0 saturated carbocycles. The van der Waals surface area contributed by atoms with E-state index in [-0.39, 0.29) is 5.56 Å². The van der Waals surface area contributed by atoms with Crippen LogP contribution in [0.2, 0.25) is 5.02 Å². The Morgan fingerprint density at radius 2 is 2.21 bits per heavy atom. The molecule has 0 aliphatic rings. The van der Waals surface area contributed by atoms with Crippen molar-refractivity contribution in [2.45, 2.75) is 13.5 Å². The highest BCUT2D eigenvalue weighted by Crippen LogP contribution is 2.24. The van der Waals surface area contributed by atoms with Crippen LogP contribution >= 0.6 is 11.6 Å². The van der Waals surface area contributed by atoms with Gasteiger partial charge in [0, 0.05) is 18.9 Å². The minimum atomic E-state index is -0.988. The summed E-state index contributed by atoms with van der Waals surface area (Å²) in [5.74, 6) is -0.988. The summed E-state index contributed by atoms with van der Waals surface area (Å²) in [7, 11) is 0. The van der Waals surface area contributed by atoms with E-state index in [9.17, 15) is 4.79 Å². The molecule has 0 fully saturated rings. The predicted octanol–water partition coefficient (Wildman–Crippen LogP) is 3.35. The zero-order chi connectivity index (χ0) is 13.8. The molecule has 0 spiro atoms. The first-order chi connectivity index (χ1) is 9.08. The van der Waals surface area contributed by atoms with Gasteiger partial charge in [-0.2, -0.15) is 0 Å². The molecule has 1 heterocycles. The molecule has 5 heteroatoms. The van der Waals surface area contributed by atoms with Gasteiger partial charge in [-0.25, -0.2) is 4.79 Å². The average Bonchev–Trinajstić information content (AvgIpc) is 2.39. The lowest BCUT2D eigenvalue weighted by molar-refractivity contribution is 0.0697. The summed E-state index contributed by atoms with van der Waals surface area (Å²) in [6.45, 7) is 2.60. The zero-order valence-electron chi connectivity index (χ0n) is 10.4. The molecule has 4 nitrogen and oxygen atoms in total. The van der Waals surface area contributed by atoms with E-state index < -0.39 is 5.97 Å². The molecule has 0 atom stereocenters. The molecule has 0 aliphatic heterocycles. The quantitative estimate of drug-likeness (QED) is 0.899. The van der Waals surface area contributed by atoms with Crippen LogP contribution in [0.3, 0.4) is 0 Å². The fraction of sp³-hybridized carbons (Fsp3) is 0.143. The number of hydrogen-bond donors (Lipinski definition) is 2. The van der Waals surface area contributed by atoms with Crippen molar-refractivity contribution in [3.05, 3.63) is 58.4 Å². The standard InChI is InChI=1S/C14H13ClN2O2/c1-9-7-16-5-4-11(9)8-17-13-3-2-10(14(18)19)6-12(13)15/h2-7,17H,8H2,1H3,(H,18,19). The molecule has 0 amide bonds. The Hall–Kier alpha value is -2.07. The van der Waals surface area contributed by atoms with Crippen LogP contribution in [0.4, 0.5) is 5.69 Å². The fourth-order valence-corrected chi connectivity index (χ4v) is 1.93. The van der Waals surface area contributed by atoms with Gasteiger partial charge in [0.05, 0.1) is 16.3 Å². The molecule has 2 rings (SSSR count). The summed E-state index contributed by atoms with van der Waals surface area (Å²) in [6, 6.07) is 6.56. The summed E-state index contributed by atoms with van der Waals surface area (Å²) in [6.07, 6.45) is 3.53. The maximum Gasteiger partial charge on any atom is 0.335 e. The number of carbonyl (C=O) groups is 1. The summed E-state index contributed by atoms with van der Waals surface area (Å²) in [5.41, 5.74) is 3.10. The molecule has 0 saturated heterocycles. The Morgan fingerprint density at radius 1 is 1.42 bits per heavy atom. The molecule has 0 radical (unpaired) electrons. The third-order valence-corrected chi connectivity index (χ3v) is 3.13. The number of nitrogens with zero attached hydrogens (tertiary/aromatic N) is 1. The summed E-state index contributed by atoms with van der Waals surface area (Å²) in [5, 5.41) is 12.4. The maximum absolute atomic E-state index is 10.8. The maximum atomic E-state index is 10.8. The van der Waals surface area contributed by atoms with Crippen LogP contribution < -0.4 is 5.32 Å². The number of halogens is 1. The van der Waals surface area contributed by atoms with Gasteiger partial charge >= 0.3 is 5.97 Å². The van der Waals surface area contributed by atoms with E-state index in [1.54, 1.807) is 18.5 Å². The molecule has 2 aromatic rings. The number of pyridine rings is 1. The third kappa shape index (κ3) is 3.23. The number of aromatic carboxylic acids is 1. The topological polar surface area (TPSA) is 62.2 Å². The third-order valence-electron chi connectivity index (χ3n) is 2.82. The van der Waals surface area contributed by atoms with E-state index in [0.717, 1.165) is 11.1 Å². The lowest BCUT2D eigenvalue weighted by Crippen LogP contribution is -2.03. The summed E-state index contributed by atoms with van der Waals surface area (Å²) in [4.78, 5) is 14.8. The second kappa shape index (κ2) is 5.71. The van der Waals surface area contributed by atoms with Crippen molar-refractivity contribution in [3.8, 4) is 0 Å². The molecular formula is C14H13ClN2O2. The SMILES string of the molecule is Cc1cnccc1CNc1ccc(C(=O)O)cc1Cl. The molecule has 98 valence electrons. The van der Waals surface area contributed by atoms with Crippen LogP contribution in [0.25, 0.3) is 0 Å². The first-order valence-electron chi connectivity index (χ1n) is 5.74. The number of anilines is 1. The van der Waals surface area contributed by atoms with Gasteiger partial charge in [-0.3, -0.25) is 4.98 Å². The largest absolute Gasteiger partial charge is 0.478 e. The lowest BCUT2D eigenvalue weighted by atomic mass is 10.1. The molecule has 19 heavy (non-hydrogen) atoms. The summed E-state index contributed by atoms with van der Waals surface area (Å²) >= 11 is 6.04. The number of aryl methyl sites for hydroxylation is 1. The van der Waals surface area contributed by atoms with Crippen molar-refractivity contribution >= 4 is 23.3 Å². The van der Waals surface area contributed by atoms with Crippen LogP contribution in [0.1, 0.15) is 21.5 Å². The van der Waals surface area contributed by atoms with Gasteiger partial charge in [-0.1, -0.05) is 11.6 Å². The molecule has 0 aliphatic carbocycles. The average molecular weight is 277 g/mol. The Bertz CT molecular complexity index is 614. The highest BCUT2D eigenvalue weighted by Gasteiger charge is 2.07. The smallest absolute Gasteiger partial charge is 0.335 e. The molecular weight excluding hydrogens is 264 g/mol. The van der Waals surface area contributed by atoms with Gasteiger partial charge in [0.1, 0.15) is 0 Å². The first-order valence-corrected chi connectivity index (χ1v) is 6.12. The van der Waals surface area contributed by atoms with Gasteiger partial charge in [-0.15, -0.1) is 0 Å². The minimum absolute atomic E-state index is 0.177. The van der Waals surface area contributed by atoms with E-state index in [2.05, 4.69) is 10.3 Å². The van der Waals surface area contributed by atoms with Crippen LogP contribution in [0, 0.1) is 6.92 Å². The van der Waals surface area contributed by atoms with Gasteiger partial charge < -0.3 is 10.4 Å². The second-order valence-corrected chi connectivity index (χ2v) is 4.56. The van der Waals surface area contributed by atoms with E-state index >= 15 is 0 Å². The molecule has 0 bridgehead atoms. The Kier molecular flexibility index (Phi) is 4.02. The van der Waals surface area contributed by atoms with Gasteiger partial charge in [0.15, 0.2) is 0 Å². The Labute approximate surface area is 116 Å². The van der Waals surface area contributed by atoms with Crippen LogP contribution in [-0.4, -0.2) is 16.1 Å². The Morgan fingerprint density at radius 3 is 2.84 bits per heavy atom. The van der Waals surface area contributed by atoms with E-state index in [4.69, 9.17) is 16.7 Å². The molecule has 0 unspecified atom stereocenters. The molecule has 1 aromatic carbocycles. The molecule has 1 aromatic heterocycles. The number of rotatable bonds is 4. The predicted molar refractivity (Wildman–Crippen MR) is 74.7 cm³/mol. The van der Waals surface area contributed by atoms with E-state index in [1.807, 2.05) is 13.0 Å². The van der Waals surface area contributed by atoms with E-state index in [1.165, 1.54) is 12.1 Å². The second-order valence-electron chi connectivity index (χ2n) is 4.16. The lowest BCUT2D eigenvalue weighted by Gasteiger charge is -2.10. The monoisotopic (exact) mass is 276 g/mol. The number of hydrogen-bond acceptors (Lipinski definition) is 3. The van der Waals surface area contributed by atoms with Gasteiger partial charge in [0.25, 0.3) is 0 Å².